The van der Waals surface area contributed by atoms with Gasteiger partial charge in [-0.25, -0.2) is 4.98 Å². The van der Waals surface area contributed by atoms with E-state index in [1.54, 1.807) is 4.90 Å². The van der Waals surface area contributed by atoms with Gasteiger partial charge in [-0.2, -0.15) is 0 Å². The van der Waals surface area contributed by atoms with E-state index >= 15 is 0 Å². The lowest BCUT2D eigenvalue weighted by molar-refractivity contribution is -0.138. The third-order valence-corrected chi connectivity index (χ3v) is 5.71. The van der Waals surface area contributed by atoms with Crippen molar-refractivity contribution < 1.29 is 4.79 Å². The van der Waals surface area contributed by atoms with Crippen LogP contribution in [0.15, 0.2) is 29.5 Å². The number of imidazole rings is 1. The number of aliphatic imine (C=N–C) groups is 1. The fraction of sp³-hybridized carbons (Fsp3) is 0.591. The second-order valence-electron chi connectivity index (χ2n) is 8.21. The van der Waals surface area contributed by atoms with Crippen molar-refractivity contribution in [3.63, 3.8) is 0 Å². The molecule has 0 saturated heterocycles. The molecule has 2 heterocycles. The summed E-state index contributed by atoms with van der Waals surface area (Å²) in [5, 5.41) is 6.70. The van der Waals surface area contributed by atoms with Gasteiger partial charge in [0.2, 0.25) is 5.91 Å². The molecule has 0 aromatic carbocycles. The fourth-order valence-corrected chi connectivity index (χ4v) is 4.17. The monoisotopic (exact) mass is 398 g/mol. The van der Waals surface area contributed by atoms with Crippen LogP contribution >= 0.6 is 0 Å². The van der Waals surface area contributed by atoms with E-state index < -0.39 is 0 Å². The number of carbonyl (C=O) groups is 1. The maximum Gasteiger partial charge on any atom is 0.230 e. The van der Waals surface area contributed by atoms with Crippen molar-refractivity contribution >= 4 is 17.5 Å². The van der Waals surface area contributed by atoms with Crippen LogP contribution in [-0.4, -0.2) is 59.9 Å². The predicted molar refractivity (Wildman–Crippen MR) is 117 cm³/mol. The average molecular weight is 399 g/mol. The molecule has 1 aliphatic carbocycles. The van der Waals surface area contributed by atoms with Crippen LogP contribution in [0.2, 0.25) is 0 Å². The number of pyridine rings is 1. The van der Waals surface area contributed by atoms with Gasteiger partial charge in [0, 0.05) is 46.0 Å². The summed E-state index contributed by atoms with van der Waals surface area (Å²) in [4.78, 5) is 24.0. The van der Waals surface area contributed by atoms with E-state index in [-0.39, 0.29) is 11.3 Å². The summed E-state index contributed by atoms with van der Waals surface area (Å²) >= 11 is 0. The van der Waals surface area contributed by atoms with Crippen molar-refractivity contribution in [2.24, 2.45) is 10.4 Å². The van der Waals surface area contributed by atoms with Crippen LogP contribution in [0.3, 0.4) is 0 Å². The molecular weight excluding hydrogens is 364 g/mol. The fourth-order valence-electron chi connectivity index (χ4n) is 4.17. The second kappa shape index (κ2) is 9.29. The van der Waals surface area contributed by atoms with Crippen LogP contribution < -0.4 is 10.6 Å². The first-order chi connectivity index (χ1) is 13.9. The van der Waals surface area contributed by atoms with Gasteiger partial charge in [-0.3, -0.25) is 9.79 Å². The molecule has 0 radical (unpaired) electrons. The van der Waals surface area contributed by atoms with Crippen LogP contribution in [0, 0.1) is 12.3 Å². The molecule has 3 rings (SSSR count). The second-order valence-corrected chi connectivity index (χ2v) is 8.21. The van der Waals surface area contributed by atoms with E-state index in [9.17, 15) is 4.79 Å². The Morgan fingerprint density at radius 1 is 1.31 bits per heavy atom. The highest BCUT2D eigenvalue weighted by atomic mass is 16.2. The van der Waals surface area contributed by atoms with Gasteiger partial charge in [0.15, 0.2) is 5.96 Å². The lowest BCUT2D eigenvalue weighted by Gasteiger charge is -2.29. The van der Waals surface area contributed by atoms with Crippen LogP contribution in [0.25, 0.3) is 5.65 Å². The molecule has 0 aliphatic heterocycles. The molecule has 1 aliphatic rings. The van der Waals surface area contributed by atoms with E-state index in [1.807, 2.05) is 26.4 Å². The van der Waals surface area contributed by atoms with E-state index in [0.29, 0.717) is 6.54 Å². The molecule has 7 nitrogen and oxygen atoms in total. The number of amides is 1. The molecule has 0 unspecified atom stereocenters. The van der Waals surface area contributed by atoms with Crippen molar-refractivity contribution in [3.8, 4) is 0 Å². The van der Waals surface area contributed by atoms with E-state index in [0.717, 1.165) is 62.5 Å². The number of aromatic nitrogens is 2. The molecule has 0 spiro atoms. The van der Waals surface area contributed by atoms with Crippen LogP contribution in [0.5, 0.6) is 0 Å². The summed E-state index contributed by atoms with van der Waals surface area (Å²) < 4.78 is 2.07. The number of aryl methyl sites for hydroxylation is 1. The maximum atomic E-state index is 12.8. The number of nitrogens with zero attached hydrogens (tertiary/aromatic N) is 4. The zero-order valence-corrected chi connectivity index (χ0v) is 18.2. The normalized spacial score (nSPS) is 16.2. The molecule has 2 aromatic heterocycles. The SMILES string of the molecule is CCNC(=NCC1(C(=O)N(C)C)CCCC1)NCCc1cn2cccc(C)c2n1. The zero-order valence-electron chi connectivity index (χ0n) is 18.2. The minimum atomic E-state index is -0.342. The van der Waals surface area contributed by atoms with E-state index in [4.69, 9.17) is 9.98 Å². The van der Waals surface area contributed by atoms with Gasteiger partial charge in [0.1, 0.15) is 5.65 Å². The average Bonchev–Trinajstić information content (AvgIpc) is 3.34. The first kappa shape index (κ1) is 21.1. The minimum absolute atomic E-state index is 0.203. The lowest BCUT2D eigenvalue weighted by Crippen LogP contribution is -2.43. The van der Waals surface area contributed by atoms with E-state index in [2.05, 4.69) is 41.1 Å². The Morgan fingerprint density at radius 3 is 2.72 bits per heavy atom. The Labute approximate surface area is 173 Å². The van der Waals surface area contributed by atoms with Crippen LogP contribution in [0.4, 0.5) is 0 Å². The Hall–Kier alpha value is -2.57. The van der Waals surface area contributed by atoms with Crippen LogP contribution in [-0.2, 0) is 11.2 Å². The molecule has 0 bridgehead atoms. The van der Waals surface area contributed by atoms with Gasteiger partial charge >= 0.3 is 0 Å². The summed E-state index contributed by atoms with van der Waals surface area (Å²) in [6.07, 6.45) is 8.98. The number of hydrogen-bond donors (Lipinski definition) is 2. The zero-order chi connectivity index (χ0) is 20.9. The van der Waals surface area contributed by atoms with Crippen LogP contribution in [0.1, 0.15) is 43.9 Å². The third-order valence-electron chi connectivity index (χ3n) is 5.71. The highest BCUT2D eigenvalue weighted by Crippen LogP contribution is 2.39. The number of nitrogens with one attached hydrogen (secondary N) is 2. The Balaban J connectivity index is 1.62. The largest absolute Gasteiger partial charge is 0.357 e. The molecule has 29 heavy (non-hydrogen) atoms. The van der Waals surface area contributed by atoms with Gasteiger partial charge in [0.05, 0.1) is 17.7 Å². The van der Waals surface area contributed by atoms with Crippen molar-refractivity contribution in [2.75, 3.05) is 33.7 Å². The Kier molecular flexibility index (Phi) is 6.77. The standard InChI is InChI=1S/C22H34N6O/c1-5-23-21(25-16-22(11-6-7-12-22)20(29)27(3)4)24-13-10-18-15-28-14-8-9-17(2)19(28)26-18/h8-9,14-15H,5-7,10-13,16H2,1-4H3,(H2,23,24,25). The smallest absolute Gasteiger partial charge is 0.230 e. The van der Waals surface area contributed by atoms with Crippen molar-refractivity contribution in [2.45, 2.75) is 46.0 Å². The Bertz CT molecular complexity index is 863. The lowest BCUT2D eigenvalue weighted by atomic mass is 9.85. The number of rotatable bonds is 7. The molecule has 158 valence electrons. The first-order valence-electron chi connectivity index (χ1n) is 10.6. The quantitative estimate of drug-likeness (QED) is 0.555. The minimum Gasteiger partial charge on any atom is -0.357 e. The molecule has 1 saturated carbocycles. The van der Waals surface area contributed by atoms with Crippen molar-refractivity contribution in [3.05, 3.63) is 35.8 Å². The topological polar surface area (TPSA) is 74.0 Å². The Morgan fingerprint density at radius 2 is 2.07 bits per heavy atom. The highest BCUT2D eigenvalue weighted by Gasteiger charge is 2.42. The van der Waals surface area contributed by atoms with Crippen molar-refractivity contribution in [1.29, 1.82) is 0 Å². The first-order valence-corrected chi connectivity index (χ1v) is 10.6. The van der Waals surface area contributed by atoms with Gasteiger partial charge < -0.3 is 19.9 Å². The van der Waals surface area contributed by atoms with E-state index in [1.165, 1.54) is 5.56 Å². The van der Waals surface area contributed by atoms with Gasteiger partial charge in [0.25, 0.3) is 0 Å². The molecule has 1 fully saturated rings. The number of fused-ring (bicyclic) bond motifs is 1. The number of guanidine groups is 1. The molecule has 2 N–H and O–H groups in total. The molecule has 0 atom stereocenters. The number of hydrogen-bond acceptors (Lipinski definition) is 3. The van der Waals surface area contributed by atoms with Gasteiger partial charge in [-0.15, -0.1) is 0 Å². The number of carbonyl (C=O) groups excluding carboxylic acids is 1. The molecule has 1 amide bonds. The molecule has 2 aromatic rings. The van der Waals surface area contributed by atoms with Gasteiger partial charge in [-0.1, -0.05) is 18.9 Å². The summed E-state index contributed by atoms with van der Waals surface area (Å²) in [7, 11) is 3.68. The molecular formula is C22H34N6O. The summed E-state index contributed by atoms with van der Waals surface area (Å²) in [5.41, 5.74) is 2.89. The molecule has 7 heteroatoms. The van der Waals surface area contributed by atoms with Crippen molar-refractivity contribution in [1.82, 2.24) is 24.9 Å². The maximum absolute atomic E-state index is 12.8. The summed E-state index contributed by atoms with van der Waals surface area (Å²) in [6, 6.07) is 4.12. The third kappa shape index (κ3) is 4.89. The van der Waals surface area contributed by atoms with Gasteiger partial charge in [-0.05, 0) is 38.3 Å². The summed E-state index contributed by atoms with van der Waals surface area (Å²) in [6.45, 7) is 6.19. The highest BCUT2D eigenvalue weighted by molar-refractivity contribution is 5.84. The predicted octanol–water partition coefficient (Wildman–Crippen LogP) is 2.39. The summed E-state index contributed by atoms with van der Waals surface area (Å²) in [5.74, 6) is 0.972.